The van der Waals surface area contributed by atoms with Crippen LogP contribution in [0.5, 0.6) is 5.75 Å². The van der Waals surface area contributed by atoms with Gasteiger partial charge in [-0.15, -0.1) is 0 Å². The number of ether oxygens (including phenoxy) is 2. The third kappa shape index (κ3) is 2.45. The lowest BCUT2D eigenvalue weighted by molar-refractivity contribution is -0.146. The number of fused-ring (bicyclic) bond motifs is 1. The molecule has 0 fully saturated rings. The second-order valence-corrected chi connectivity index (χ2v) is 4.22. The molecule has 2 rings (SSSR count). The Morgan fingerprint density at radius 1 is 1.61 bits per heavy atom. The minimum Gasteiger partial charge on any atom is -0.493 e. The molecule has 1 heterocycles. The lowest BCUT2D eigenvalue weighted by Gasteiger charge is -2.12. The molecule has 1 aromatic carbocycles. The summed E-state index contributed by atoms with van der Waals surface area (Å²) in [5.74, 6) is -0.215. The van der Waals surface area contributed by atoms with Gasteiger partial charge in [0, 0.05) is 11.5 Å². The van der Waals surface area contributed by atoms with Gasteiger partial charge in [0.2, 0.25) is 0 Å². The van der Waals surface area contributed by atoms with Crippen molar-refractivity contribution in [3.05, 3.63) is 29.8 Å². The van der Waals surface area contributed by atoms with Crippen molar-refractivity contribution < 1.29 is 14.3 Å². The van der Waals surface area contributed by atoms with Crippen molar-refractivity contribution >= 4 is 5.97 Å². The number of hydrogen-bond acceptors (Lipinski definition) is 4. The Hall–Kier alpha value is -2.02. The van der Waals surface area contributed by atoms with Crippen LogP contribution in [0.3, 0.4) is 0 Å². The summed E-state index contributed by atoms with van der Waals surface area (Å²) in [5, 5.41) is 9.04. The quantitative estimate of drug-likeness (QED) is 0.763. The van der Waals surface area contributed by atoms with Gasteiger partial charge in [-0.3, -0.25) is 4.79 Å². The van der Waals surface area contributed by atoms with Gasteiger partial charge in [0.1, 0.15) is 11.7 Å². The Balaban J connectivity index is 2.07. The SMILES string of the molecule is CCOC(=O)C(C#N)CC1COc2ccccc21. The van der Waals surface area contributed by atoms with Crippen molar-refractivity contribution in [1.82, 2.24) is 0 Å². The first kappa shape index (κ1) is 12.4. The third-order valence-electron chi connectivity index (χ3n) is 3.05. The van der Waals surface area contributed by atoms with E-state index in [0.29, 0.717) is 19.6 Å². The zero-order chi connectivity index (χ0) is 13.0. The fourth-order valence-corrected chi connectivity index (χ4v) is 2.15. The van der Waals surface area contributed by atoms with Crippen LogP contribution >= 0.6 is 0 Å². The van der Waals surface area contributed by atoms with Crippen molar-refractivity contribution in [2.75, 3.05) is 13.2 Å². The molecule has 18 heavy (non-hydrogen) atoms. The first-order valence-corrected chi connectivity index (χ1v) is 6.04. The molecule has 1 aliphatic heterocycles. The average molecular weight is 245 g/mol. The van der Waals surface area contributed by atoms with E-state index in [4.69, 9.17) is 14.7 Å². The molecule has 0 radical (unpaired) electrons. The maximum Gasteiger partial charge on any atom is 0.323 e. The van der Waals surface area contributed by atoms with E-state index in [1.807, 2.05) is 30.3 Å². The predicted octanol–water partition coefficient (Wildman–Crippen LogP) is 2.26. The van der Waals surface area contributed by atoms with Crippen LogP contribution in [0.25, 0.3) is 0 Å². The lowest BCUT2D eigenvalue weighted by atomic mass is 9.91. The van der Waals surface area contributed by atoms with Gasteiger partial charge in [0.25, 0.3) is 0 Å². The number of nitrogens with zero attached hydrogens (tertiary/aromatic N) is 1. The van der Waals surface area contributed by atoms with Crippen LogP contribution in [0.4, 0.5) is 0 Å². The van der Waals surface area contributed by atoms with Crippen LogP contribution in [0.1, 0.15) is 24.8 Å². The highest BCUT2D eigenvalue weighted by Crippen LogP contribution is 2.37. The summed E-state index contributed by atoms with van der Waals surface area (Å²) in [7, 11) is 0. The van der Waals surface area contributed by atoms with Crippen molar-refractivity contribution in [2.45, 2.75) is 19.3 Å². The number of esters is 1. The first-order chi connectivity index (χ1) is 8.76. The molecular formula is C14H15NO3. The minimum absolute atomic E-state index is 0.0928. The molecule has 2 unspecified atom stereocenters. The van der Waals surface area contributed by atoms with E-state index in [2.05, 4.69) is 0 Å². The second kappa shape index (κ2) is 5.54. The normalized spacial score (nSPS) is 18.3. The van der Waals surface area contributed by atoms with E-state index in [1.165, 1.54) is 0 Å². The molecule has 0 aliphatic carbocycles. The van der Waals surface area contributed by atoms with E-state index in [-0.39, 0.29) is 5.92 Å². The number of carbonyl (C=O) groups excluding carboxylic acids is 1. The average Bonchev–Trinajstić information content (AvgIpc) is 2.79. The number of benzene rings is 1. The maximum absolute atomic E-state index is 11.6. The Morgan fingerprint density at radius 3 is 3.11 bits per heavy atom. The molecule has 1 aromatic rings. The number of nitriles is 1. The molecular weight excluding hydrogens is 230 g/mol. The minimum atomic E-state index is -0.718. The molecule has 0 saturated carbocycles. The number of rotatable bonds is 4. The van der Waals surface area contributed by atoms with Gasteiger partial charge in [0.15, 0.2) is 0 Å². The molecule has 0 bridgehead atoms. The number of para-hydroxylation sites is 1. The van der Waals surface area contributed by atoms with Gasteiger partial charge in [0.05, 0.1) is 19.3 Å². The lowest BCUT2D eigenvalue weighted by Crippen LogP contribution is -2.19. The van der Waals surface area contributed by atoms with Gasteiger partial charge in [-0.1, -0.05) is 18.2 Å². The summed E-state index contributed by atoms with van der Waals surface area (Å²) in [6.45, 7) is 2.56. The molecule has 1 aliphatic rings. The van der Waals surface area contributed by atoms with Crippen molar-refractivity contribution in [2.24, 2.45) is 5.92 Å². The number of carbonyl (C=O) groups is 1. The topological polar surface area (TPSA) is 59.3 Å². The Labute approximate surface area is 106 Å². The highest BCUT2D eigenvalue weighted by atomic mass is 16.5. The van der Waals surface area contributed by atoms with Crippen LogP contribution in [0.2, 0.25) is 0 Å². The second-order valence-electron chi connectivity index (χ2n) is 4.22. The summed E-state index contributed by atoms with van der Waals surface area (Å²) < 4.78 is 10.4. The standard InChI is InChI=1S/C14H15NO3/c1-2-17-14(16)10(8-15)7-11-9-18-13-6-4-3-5-12(11)13/h3-6,10-11H,2,7,9H2,1H3. The fraction of sp³-hybridized carbons (Fsp3) is 0.429. The van der Waals surface area contributed by atoms with E-state index in [0.717, 1.165) is 11.3 Å². The molecule has 0 N–H and O–H groups in total. The van der Waals surface area contributed by atoms with Gasteiger partial charge < -0.3 is 9.47 Å². The van der Waals surface area contributed by atoms with Gasteiger partial charge >= 0.3 is 5.97 Å². The zero-order valence-corrected chi connectivity index (χ0v) is 10.3. The van der Waals surface area contributed by atoms with E-state index in [9.17, 15) is 4.79 Å². The van der Waals surface area contributed by atoms with Gasteiger partial charge in [-0.2, -0.15) is 5.26 Å². The van der Waals surface area contributed by atoms with Crippen LogP contribution in [0.15, 0.2) is 24.3 Å². The molecule has 4 heteroatoms. The smallest absolute Gasteiger partial charge is 0.323 e. The third-order valence-corrected chi connectivity index (χ3v) is 3.05. The fourth-order valence-electron chi connectivity index (χ4n) is 2.15. The molecule has 0 saturated heterocycles. The molecule has 2 atom stereocenters. The Morgan fingerprint density at radius 2 is 2.39 bits per heavy atom. The van der Waals surface area contributed by atoms with Crippen LogP contribution in [0, 0.1) is 17.2 Å². The van der Waals surface area contributed by atoms with E-state index < -0.39 is 11.9 Å². The summed E-state index contributed by atoms with van der Waals surface area (Å²) >= 11 is 0. The largest absolute Gasteiger partial charge is 0.493 e. The molecule has 0 spiro atoms. The summed E-state index contributed by atoms with van der Waals surface area (Å²) in [6, 6.07) is 9.74. The monoisotopic (exact) mass is 245 g/mol. The predicted molar refractivity (Wildman–Crippen MR) is 65.0 cm³/mol. The Kier molecular flexibility index (Phi) is 3.83. The van der Waals surface area contributed by atoms with Crippen molar-refractivity contribution in [1.29, 1.82) is 5.26 Å². The van der Waals surface area contributed by atoms with E-state index >= 15 is 0 Å². The summed E-state index contributed by atoms with van der Waals surface area (Å²) in [4.78, 5) is 11.6. The Bertz CT molecular complexity index is 478. The van der Waals surface area contributed by atoms with Crippen LogP contribution in [-0.4, -0.2) is 19.2 Å². The zero-order valence-electron chi connectivity index (χ0n) is 10.3. The maximum atomic E-state index is 11.6. The van der Waals surface area contributed by atoms with Gasteiger partial charge in [-0.05, 0) is 19.4 Å². The van der Waals surface area contributed by atoms with E-state index in [1.54, 1.807) is 6.92 Å². The molecule has 0 aromatic heterocycles. The molecule has 4 nitrogen and oxygen atoms in total. The highest BCUT2D eigenvalue weighted by Gasteiger charge is 2.30. The first-order valence-electron chi connectivity index (χ1n) is 6.04. The highest BCUT2D eigenvalue weighted by molar-refractivity contribution is 5.75. The van der Waals surface area contributed by atoms with Crippen molar-refractivity contribution in [3.8, 4) is 11.8 Å². The number of hydrogen-bond donors (Lipinski definition) is 0. The summed E-state index contributed by atoms with van der Waals surface area (Å²) in [5.41, 5.74) is 1.07. The molecule has 94 valence electrons. The van der Waals surface area contributed by atoms with Crippen LogP contribution in [-0.2, 0) is 9.53 Å². The summed E-state index contributed by atoms with van der Waals surface area (Å²) in [6.07, 6.45) is 0.451. The van der Waals surface area contributed by atoms with Gasteiger partial charge in [-0.25, -0.2) is 0 Å². The molecule has 0 amide bonds. The van der Waals surface area contributed by atoms with Crippen LogP contribution < -0.4 is 4.74 Å². The van der Waals surface area contributed by atoms with Crippen molar-refractivity contribution in [3.63, 3.8) is 0 Å².